The van der Waals surface area contributed by atoms with Gasteiger partial charge >= 0.3 is 0 Å². The fourth-order valence-corrected chi connectivity index (χ4v) is 2.92. The summed E-state index contributed by atoms with van der Waals surface area (Å²) in [5.41, 5.74) is 1.41. The van der Waals surface area contributed by atoms with Gasteiger partial charge in [-0.3, -0.25) is 9.82 Å². The number of aliphatic hydroxyl groups is 1. The fourth-order valence-electron chi connectivity index (χ4n) is 1.71. The number of aromatic amines is 1. The summed E-state index contributed by atoms with van der Waals surface area (Å²) < 4.78 is 27.1. The number of rotatable bonds is 4. The quantitative estimate of drug-likeness (QED) is 0.741. The van der Waals surface area contributed by atoms with Gasteiger partial charge in [0.2, 0.25) is 0 Å². The summed E-state index contributed by atoms with van der Waals surface area (Å²) in [5, 5.41) is 15.0. The van der Waals surface area contributed by atoms with E-state index in [2.05, 4.69) is 26.8 Å². The first-order chi connectivity index (χ1) is 10.0. The molecule has 0 fully saturated rings. The largest absolute Gasteiger partial charge is 0.395 e. The molecule has 0 saturated carbocycles. The molecule has 2 rings (SSSR count). The lowest BCUT2D eigenvalue weighted by molar-refractivity contribution is 0.305. The van der Waals surface area contributed by atoms with Crippen molar-refractivity contribution in [3.05, 3.63) is 41.7 Å². The number of H-pyrrole nitrogens is 1. The van der Waals surface area contributed by atoms with Crippen molar-refractivity contribution in [1.82, 2.24) is 10.2 Å². The number of benzene rings is 1. The molecule has 0 saturated heterocycles. The molecule has 0 atom stereocenters. The SMILES string of the molecule is Cc1[nH]ncc1S(=O)(=O)Nc1ccccc1C#CCCO. The van der Waals surface area contributed by atoms with Gasteiger partial charge in [-0.2, -0.15) is 5.10 Å². The van der Waals surface area contributed by atoms with Crippen LogP contribution in [0.15, 0.2) is 35.4 Å². The number of hydrogen-bond acceptors (Lipinski definition) is 4. The van der Waals surface area contributed by atoms with E-state index >= 15 is 0 Å². The Hall–Kier alpha value is -2.30. The number of aliphatic hydroxyl groups excluding tert-OH is 1. The van der Waals surface area contributed by atoms with E-state index in [0.29, 0.717) is 23.4 Å². The Bertz CT molecular complexity index is 785. The number of anilines is 1. The third-order valence-corrected chi connectivity index (χ3v) is 4.18. The predicted molar refractivity (Wildman–Crippen MR) is 79.2 cm³/mol. The van der Waals surface area contributed by atoms with Crippen LogP contribution in [0.25, 0.3) is 0 Å². The van der Waals surface area contributed by atoms with E-state index in [1.165, 1.54) is 6.20 Å². The number of aromatic nitrogens is 2. The molecule has 1 aromatic carbocycles. The summed E-state index contributed by atoms with van der Waals surface area (Å²) in [7, 11) is -3.71. The number of nitrogens with one attached hydrogen (secondary N) is 2. The molecule has 0 bridgehead atoms. The summed E-state index contributed by atoms with van der Waals surface area (Å²) in [6.45, 7) is 1.60. The normalized spacial score (nSPS) is 10.8. The van der Waals surface area contributed by atoms with E-state index in [9.17, 15) is 8.42 Å². The van der Waals surface area contributed by atoms with Crippen molar-refractivity contribution in [2.24, 2.45) is 0 Å². The molecule has 3 N–H and O–H groups in total. The van der Waals surface area contributed by atoms with E-state index < -0.39 is 10.0 Å². The van der Waals surface area contributed by atoms with E-state index in [1.54, 1.807) is 31.2 Å². The molecular weight excluding hydrogens is 290 g/mol. The summed E-state index contributed by atoms with van der Waals surface area (Å²) >= 11 is 0. The highest BCUT2D eigenvalue weighted by atomic mass is 32.2. The van der Waals surface area contributed by atoms with Gasteiger partial charge in [0.1, 0.15) is 4.90 Å². The zero-order chi connectivity index (χ0) is 15.3. The molecule has 7 heteroatoms. The van der Waals surface area contributed by atoms with Crippen molar-refractivity contribution in [2.75, 3.05) is 11.3 Å². The molecular formula is C14H15N3O3S. The molecule has 2 aromatic rings. The van der Waals surface area contributed by atoms with Crippen LogP contribution in [-0.2, 0) is 10.0 Å². The second-order valence-electron chi connectivity index (χ2n) is 4.29. The molecule has 1 aromatic heterocycles. The van der Waals surface area contributed by atoms with Gasteiger partial charge in [-0.1, -0.05) is 24.0 Å². The molecule has 0 aliphatic rings. The highest BCUT2D eigenvalue weighted by Gasteiger charge is 2.19. The van der Waals surface area contributed by atoms with Crippen molar-refractivity contribution < 1.29 is 13.5 Å². The first kappa shape index (κ1) is 15.1. The number of aryl methyl sites for hydroxylation is 1. The maximum absolute atomic E-state index is 12.3. The second-order valence-corrected chi connectivity index (χ2v) is 5.94. The van der Waals surface area contributed by atoms with Gasteiger partial charge in [0.25, 0.3) is 10.0 Å². The van der Waals surface area contributed by atoms with Crippen molar-refractivity contribution in [2.45, 2.75) is 18.2 Å². The van der Waals surface area contributed by atoms with Crippen molar-refractivity contribution in [3.8, 4) is 11.8 Å². The van der Waals surface area contributed by atoms with Gasteiger partial charge in [-0.25, -0.2) is 8.42 Å². The maximum Gasteiger partial charge on any atom is 0.265 e. The first-order valence-corrected chi connectivity index (χ1v) is 7.74. The fraction of sp³-hybridized carbons (Fsp3) is 0.214. The molecule has 0 radical (unpaired) electrons. The Kier molecular flexibility index (Phi) is 4.62. The number of hydrogen-bond donors (Lipinski definition) is 3. The topological polar surface area (TPSA) is 95.1 Å². The van der Waals surface area contributed by atoms with Gasteiger partial charge in [-0.05, 0) is 19.1 Å². The highest BCUT2D eigenvalue weighted by molar-refractivity contribution is 7.92. The van der Waals surface area contributed by atoms with Crippen molar-refractivity contribution >= 4 is 15.7 Å². The van der Waals surface area contributed by atoms with Crippen LogP contribution in [0.5, 0.6) is 0 Å². The smallest absolute Gasteiger partial charge is 0.265 e. The molecule has 6 nitrogen and oxygen atoms in total. The Morgan fingerprint density at radius 2 is 2.14 bits per heavy atom. The summed E-state index contributed by atoms with van der Waals surface area (Å²) in [6, 6.07) is 6.83. The lowest BCUT2D eigenvalue weighted by Gasteiger charge is -2.09. The molecule has 0 unspecified atom stereocenters. The average molecular weight is 305 g/mol. The molecule has 0 aliphatic heterocycles. The molecule has 0 aliphatic carbocycles. The summed E-state index contributed by atoms with van der Waals surface area (Å²) in [6.07, 6.45) is 1.60. The number of nitrogens with zero attached hydrogens (tertiary/aromatic N) is 1. The number of sulfonamides is 1. The van der Waals surface area contributed by atoms with Gasteiger partial charge in [0.05, 0.1) is 24.2 Å². The van der Waals surface area contributed by atoms with Crippen LogP contribution in [0.2, 0.25) is 0 Å². The van der Waals surface area contributed by atoms with Gasteiger partial charge < -0.3 is 5.11 Å². The zero-order valence-electron chi connectivity index (χ0n) is 11.4. The highest BCUT2D eigenvalue weighted by Crippen LogP contribution is 2.20. The predicted octanol–water partition coefficient (Wildman–Crippen LogP) is 1.25. The van der Waals surface area contributed by atoms with Crippen LogP contribution in [0.1, 0.15) is 17.7 Å². The minimum absolute atomic E-state index is 0.0326. The van der Waals surface area contributed by atoms with Crippen molar-refractivity contribution in [3.63, 3.8) is 0 Å². The van der Waals surface area contributed by atoms with E-state index in [-0.39, 0.29) is 11.5 Å². The lowest BCUT2D eigenvalue weighted by atomic mass is 10.2. The molecule has 0 spiro atoms. The van der Waals surface area contributed by atoms with E-state index in [4.69, 9.17) is 5.11 Å². The van der Waals surface area contributed by atoms with Gasteiger partial charge in [-0.15, -0.1) is 0 Å². The second kappa shape index (κ2) is 6.43. The minimum atomic E-state index is -3.71. The summed E-state index contributed by atoms with van der Waals surface area (Å²) in [4.78, 5) is 0.0978. The number of para-hydroxylation sites is 1. The van der Waals surface area contributed by atoms with Crippen LogP contribution in [0, 0.1) is 18.8 Å². The monoisotopic (exact) mass is 305 g/mol. The van der Waals surface area contributed by atoms with E-state index in [1.807, 2.05) is 0 Å². The Morgan fingerprint density at radius 3 is 2.81 bits per heavy atom. The average Bonchev–Trinajstić information content (AvgIpc) is 2.88. The first-order valence-electron chi connectivity index (χ1n) is 6.26. The Balaban J connectivity index is 2.33. The Morgan fingerprint density at radius 1 is 1.38 bits per heavy atom. The van der Waals surface area contributed by atoms with Crippen LogP contribution < -0.4 is 4.72 Å². The third-order valence-electron chi connectivity index (χ3n) is 2.70. The van der Waals surface area contributed by atoms with E-state index in [0.717, 1.165) is 0 Å². The standard InChI is InChI=1S/C14H15N3O3S/c1-11-14(10-15-16-11)21(19,20)17-13-8-3-2-6-12(13)7-4-5-9-18/h2-3,6,8,10,17-18H,5,9H2,1H3,(H,15,16). The summed E-state index contributed by atoms with van der Waals surface area (Å²) in [5.74, 6) is 5.61. The molecule has 1 heterocycles. The third kappa shape index (κ3) is 3.62. The zero-order valence-corrected chi connectivity index (χ0v) is 12.2. The molecule has 0 amide bonds. The van der Waals surface area contributed by atoms with Gasteiger partial charge in [0.15, 0.2) is 0 Å². The van der Waals surface area contributed by atoms with Crippen molar-refractivity contribution in [1.29, 1.82) is 0 Å². The van der Waals surface area contributed by atoms with Crippen LogP contribution in [0.4, 0.5) is 5.69 Å². The van der Waals surface area contributed by atoms with Crippen LogP contribution in [0.3, 0.4) is 0 Å². The van der Waals surface area contributed by atoms with Gasteiger partial charge in [0, 0.05) is 12.0 Å². The Labute approximate surface area is 123 Å². The minimum Gasteiger partial charge on any atom is -0.395 e. The van der Waals surface area contributed by atoms with Crippen LogP contribution in [-0.4, -0.2) is 30.3 Å². The maximum atomic E-state index is 12.3. The molecule has 21 heavy (non-hydrogen) atoms. The van der Waals surface area contributed by atoms with Crippen LogP contribution >= 0.6 is 0 Å². The lowest BCUT2D eigenvalue weighted by Crippen LogP contribution is -2.14. The molecule has 110 valence electrons.